The number of benzene rings is 8. The molecule has 0 fully saturated rings. The fourth-order valence-corrected chi connectivity index (χ4v) is 9.41. The lowest BCUT2D eigenvalue weighted by molar-refractivity contribution is 0.769. The number of rotatable bonds is 3. The lowest BCUT2D eigenvalue weighted by Gasteiger charge is -2.34. The van der Waals surface area contributed by atoms with E-state index in [1.165, 1.54) is 87.0 Å². The quantitative estimate of drug-likeness (QED) is 0.194. The van der Waals surface area contributed by atoms with Crippen molar-refractivity contribution in [3.8, 4) is 33.4 Å². The second-order valence-corrected chi connectivity index (χ2v) is 13.5. The zero-order valence-electron chi connectivity index (χ0n) is 25.1. The first-order valence-electron chi connectivity index (χ1n) is 15.9. The van der Waals surface area contributed by atoms with Crippen LogP contribution in [0.25, 0.3) is 54.9 Å². The van der Waals surface area contributed by atoms with Crippen molar-refractivity contribution >= 4 is 33.3 Å². The van der Waals surface area contributed by atoms with Gasteiger partial charge in [-0.25, -0.2) is 0 Å². The first kappa shape index (κ1) is 25.9. The number of hydrogen-bond acceptors (Lipinski definition) is 1. The molecule has 0 radical (unpaired) electrons. The third-order valence-corrected chi connectivity index (χ3v) is 11.3. The zero-order valence-corrected chi connectivity index (χ0v) is 25.9. The molecule has 0 bridgehead atoms. The van der Waals surface area contributed by atoms with Crippen molar-refractivity contribution in [3.63, 3.8) is 0 Å². The number of hydrogen-bond donors (Lipinski definition) is 0. The molecule has 1 heteroatoms. The average Bonchev–Trinajstić information content (AvgIpc) is 3.44. The topological polar surface area (TPSA) is 0 Å². The molecule has 0 saturated carbocycles. The summed E-state index contributed by atoms with van der Waals surface area (Å²) in [6.07, 6.45) is 0. The van der Waals surface area contributed by atoms with E-state index < -0.39 is 5.41 Å². The van der Waals surface area contributed by atoms with Crippen LogP contribution in [-0.4, -0.2) is 0 Å². The maximum absolute atomic E-state index is 2.47. The van der Waals surface area contributed by atoms with E-state index in [4.69, 9.17) is 0 Å². The van der Waals surface area contributed by atoms with Gasteiger partial charge < -0.3 is 0 Å². The summed E-state index contributed by atoms with van der Waals surface area (Å²) in [6, 6.07) is 63.3. The van der Waals surface area contributed by atoms with Crippen LogP contribution >= 0.6 is 11.8 Å². The van der Waals surface area contributed by atoms with E-state index in [1.54, 1.807) is 0 Å². The van der Waals surface area contributed by atoms with Gasteiger partial charge in [0.2, 0.25) is 0 Å². The Morgan fingerprint density at radius 3 is 2.02 bits per heavy atom. The first-order chi connectivity index (χ1) is 22.8. The molecular weight excluding hydrogens is 573 g/mol. The summed E-state index contributed by atoms with van der Waals surface area (Å²) in [7, 11) is 0. The predicted octanol–water partition coefficient (Wildman–Crippen LogP) is 12.2. The van der Waals surface area contributed by atoms with Crippen molar-refractivity contribution in [3.05, 3.63) is 192 Å². The molecule has 0 aromatic heterocycles. The highest BCUT2D eigenvalue weighted by atomic mass is 32.2. The second-order valence-electron chi connectivity index (χ2n) is 12.4. The molecule has 0 N–H and O–H groups in total. The van der Waals surface area contributed by atoms with E-state index in [2.05, 4.69) is 170 Å². The molecule has 0 nitrogen and oxygen atoms in total. The minimum Gasteiger partial charge on any atom is -0.0888 e. The van der Waals surface area contributed by atoms with E-state index >= 15 is 0 Å². The second kappa shape index (κ2) is 9.81. The van der Waals surface area contributed by atoms with Gasteiger partial charge in [0.1, 0.15) is 0 Å². The Kier molecular flexibility index (Phi) is 5.53. The van der Waals surface area contributed by atoms with Crippen molar-refractivity contribution in [2.24, 2.45) is 0 Å². The van der Waals surface area contributed by atoms with Crippen LogP contribution in [-0.2, 0) is 5.41 Å². The molecule has 2 aliphatic rings. The molecule has 0 saturated heterocycles. The lowest BCUT2D eigenvalue weighted by atomic mass is 9.67. The molecule has 1 atom stereocenters. The standard InChI is InChI=1S/C45H28S/c1-2-15-32(16-3-1)45(38-21-8-6-19-36(38)43-34-18-5-4-12-29(34)25-27-39(43)45)33-17-10-14-31(28-33)35-26-24-30-13-11-23-41-42(30)44(35)37-20-7-9-22-40(37)46-41/h1-28H. The maximum Gasteiger partial charge on any atom is 0.0714 e. The van der Waals surface area contributed by atoms with Gasteiger partial charge in [-0.05, 0) is 90.0 Å². The van der Waals surface area contributed by atoms with Crippen molar-refractivity contribution in [1.29, 1.82) is 0 Å². The Bertz CT molecular complexity index is 2510. The van der Waals surface area contributed by atoms with Crippen molar-refractivity contribution in [1.82, 2.24) is 0 Å². The smallest absolute Gasteiger partial charge is 0.0714 e. The summed E-state index contributed by atoms with van der Waals surface area (Å²) in [6.45, 7) is 0. The third kappa shape index (κ3) is 3.47. The summed E-state index contributed by atoms with van der Waals surface area (Å²) >= 11 is 1.88. The molecule has 1 heterocycles. The van der Waals surface area contributed by atoms with Gasteiger partial charge in [0.15, 0.2) is 0 Å². The Balaban J connectivity index is 1.30. The third-order valence-electron chi connectivity index (χ3n) is 10.1. The highest BCUT2D eigenvalue weighted by molar-refractivity contribution is 7.99. The molecule has 8 aromatic rings. The molecule has 46 heavy (non-hydrogen) atoms. The first-order valence-corrected chi connectivity index (χ1v) is 16.8. The van der Waals surface area contributed by atoms with Gasteiger partial charge >= 0.3 is 0 Å². The molecule has 10 rings (SSSR count). The van der Waals surface area contributed by atoms with Gasteiger partial charge in [-0.2, -0.15) is 0 Å². The van der Waals surface area contributed by atoms with Crippen molar-refractivity contribution < 1.29 is 0 Å². The summed E-state index contributed by atoms with van der Waals surface area (Å²) in [5, 5.41) is 5.23. The fourth-order valence-electron chi connectivity index (χ4n) is 8.28. The largest absolute Gasteiger partial charge is 0.0888 e. The summed E-state index contributed by atoms with van der Waals surface area (Å²) < 4.78 is 0. The molecule has 1 aliphatic carbocycles. The monoisotopic (exact) mass is 600 g/mol. The van der Waals surface area contributed by atoms with Crippen molar-refractivity contribution in [2.75, 3.05) is 0 Å². The van der Waals surface area contributed by atoms with E-state index in [9.17, 15) is 0 Å². The molecule has 214 valence electrons. The lowest BCUT2D eigenvalue weighted by Crippen LogP contribution is -2.28. The minimum absolute atomic E-state index is 0.458. The van der Waals surface area contributed by atoms with E-state index in [0.717, 1.165) is 0 Å². The van der Waals surface area contributed by atoms with Gasteiger partial charge in [0.05, 0.1) is 5.41 Å². The molecule has 1 aliphatic heterocycles. The van der Waals surface area contributed by atoms with E-state index in [1.807, 2.05) is 11.8 Å². The van der Waals surface area contributed by atoms with Gasteiger partial charge in [-0.15, -0.1) is 0 Å². The number of fused-ring (bicyclic) bond motifs is 7. The van der Waals surface area contributed by atoms with E-state index in [-0.39, 0.29) is 0 Å². The highest BCUT2D eigenvalue weighted by Gasteiger charge is 2.46. The Labute approximate surface area is 273 Å². The van der Waals surface area contributed by atoms with Crippen LogP contribution in [0, 0.1) is 0 Å². The van der Waals surface area contributed by atoms with Crippen LogP contribution < -0.4 is 0 Å². The van der Waals surface area contributed by atoms with Crippen LogP contribution in [0.4, 0.5) is 0 Å². The predicted molar refractivity (Wildman–Crippen MR) is 194 cm³/mol. The normalized spacial score (nSPS) is 15.8. The van der Waals surface area contributed by atoms with Crippen molar-refractivity contribution in [2.45, 2.75) is 15.2 Å². The summed E-state index contributed by atoms with van der Waals surface area (Å²) in [5.41, 5.74) is 12.7. The Morgan fingerprint density at radius 1 is 0.391 bits per heavy atom. The minimum atomic E-state index is -0.458. The molecule has 0 spiro atoms. The van der Waals surface area contributed by atoms with Crippen LogP contribution in [0.15, 0.2) is 180 Å². The SMILES string of the molecule is c1ccc(C2(c3cccc(-c4ccc5cccc6c5c4-c4ccccc4S6)c3)c3ccccc3-c3c2ccc2ccccc32)cc1. The molecule has 1 unspecified atom stereocenters. The summed E-state index contributed by atoms with van der Waals surface area (Å²) in [4.78, 5) is 2.65. The van der Waals surface area contributed by atoms with E-state index in [0.29, 0.717) is 0 Å². The molecular formula is C45H28S. The van der Waals surface area contributed by atoms with Gasteiger partial charge in [-0.3, -0.25) is 0 Å². The Hall–Kier alpha value is -5.37. The summed E-state index contributed by atoms with van der Waals surface area (Å²) in [5.74, 6) is 0. The van der Waals surface area contributed by atoms with Gasteiger partial charge in [0.25, 0.3) is 0 Å². The zero-order chi connectivity index (χ0) is 30.2. The van der Waals surface area contributed by atoms with Crippen LogP contribution in [0.1, 0.15) is 22.3 Å². The van der Waals surface area contributed by atoms with Gasteiger partial charge in [-0.1, -0.05) is 163 Å². The maximum atomic E-state index is 2.47. The highest BCUT2D eigenvalue weighted by Crippen LogP contribution is 2.58. The Morgan fingerprint density at radius 2 is 1.09 bits per heavy atom. The van der Waals surface area contributed by atoms with Crippen LogP contribution in [0.3, 0.4) is 0 Å². The van der Waals surface area contributed by atoms with Crippen LogP contribution in [0.2, 0.25) is 0 Å². The van der Waals surface area contributed by atoms with Gasteiger partial charge in [0, 0.05) is 15.2 Å². The molecule has 8 aromatic carbocycles. The average molecular weight is 601 g/mol. The fraction of sp³-hybridized carbons (Fsp3) is 0.0222. The van der Waals surface area contributed by atoms with Crippen LogP contribution in [0.5, 0.6) is 0 Å². The molecule has 0 amide bonds.